The van der Waals surface area contributed by atoms with E-state index in [4.69, 9.17) is 9.84 Å². The molecule has 0 spiro atoms. The normalized spacial score (nSPS) is 12.8. The summed E-state index contributed by atoms with van der Waals surface area (Å²) in [5, 5.41) is 15.0. The SMILES string of the molecule is CC(CO)COc1ccc2ccccc2c1CNC(C)C. The fraction of sp³-hybridized carbons (Fsp3) is 0.444. The van der Waals surface area contributed by atoms with Crippen LogP contribution in [0.1, 0.15) is 26.3 Å². The highest BCUT2D eigenvalue weighted by atomic mass is 16.5. The predicted octanol–water partition coefficient (Wildman–Crippen LogP) is 3.35. The van der Waals surface area contributed by atoms with Gasteiger partial charge in [-0.2, -0.15) is 0 Å². The molecule has 0 saturated carbocycles. The number of aliphatic hydroxyl groups is 1. The summed E-state index contributed by atoms with van der Waals surface area (Å²) in [6.45, 7) is 7.71. The lowest BCUT2D eigenvalue weighted by atomic mass is 10.0. The lowest BCUT2D eigenvalue weighted by Crippen LogP contribution is -2.22. The van der Waals surface area contributed by atoms with Gasteiger partial charge in [-0.15, -0.1) is 0 Å². The van der Waals surface area contributed by atoms with Crippen LogP contribution >= 0.6 is 0 Å². The van der Waals surface area contributed by atoms with Crippen LogP contribution in [0.15, 0.2) is 36.4 Å². The molecule has 21 heavy (non-hydrogen) atoms. The summed E-state index contributed by atoms with van der Waals surface area (Å²) in [6.07, 6.45) is 0. The van der Waals surface area contributed by atoms with Crippen molar-refractivity contribution in [1.29, 1.82) is 0 Å². The lowest BCUT2D eigenvalue weighted by molar-refractivity contribution is 0.173. The number of hydrogen-bond acceptors (Lipinski definition) is 3. The lowest BCUT2D eigenvalue weighted by Gasteiger charge is -2.17. The van der Waals surface area contributed by atoms with Crippen LogP contribution in [-0.4, -0.2) is 24.4 Å². The second kappa shape index (κ2) is 7.43. The molecule has 3 nitrogen and oxygen atoms in total. The maximum Gasteiger partial charge on any atom is 0.124 e. The van der Waals surface area contributed by atoms with Crippen LogP contribution in [0, 0.1) is 5.92 Å². The van der Waals surface area contributed by atoms with Crippen molar-refractivity contribution in [1.82, 2.24) is 5.32 Å². The molecule has 2 aromatic rings. The predicted molar refractivity (Wildman–Crippen MR) is 87.7 cm³/mol. The molecule has 0 aromatic heterocycles. The summed E-state index contributed by atoms with van der Waals surface area (Å²) >= 11 is 0. The molecule has 1 atom stereocenters. The molecule has 3 heteroatoms. The van der Waals surface area contributed by atoms with Crippen molar-refractivity contribution >= 4 is 10.8 Å². The van der Waals surface area contributed by atoms with Crippen molar-refractivity contribution in [2.45, 2.75) is 33.4 Å². The van der Waals surface area contributed by atoms with Gasteiger partial charge < -0.3 is 15.2 Å². The molecule has 0 saturated heterocycles. The zero-order valence-corrected chi connectivity index (χ0v) is 13.1. The van der Waals surface area contributed by atoms with Crippen LogP contribution in [0.4, 0.5) is 0 Å². The first kappa shape index (κ1) is 15.8. The van der Waals surface area contributed by atoms with Gasteiger partial charge in [-0.05, 0) is 16.8 Å². The standard InChI is InChI=1S/C18H25NO2/c1-13(2)19-10-17-16-7-5-4-6-15(16)8-9-18(17)21-12-14(3)11-20/h4-9,13-14,19-20H,10-12H2,1-3H3. The smallest absolute Gasteiger partial charge is 0.124 e. The molecular weight excluding hydrogens is 262 g/mol. The number of hydrogen-bond donors (Lipinski definition) is 2. The zero-order chi connectivity index (χ0) is 15.2. The van der Waals surface area contributed by atoms with Gasteiger partial charge in [-0.3, -0.25) is 0 Å². The van der Waals surface area contributed by atoms with E-state index in [1.807, 2.05) is 13.0 Å². The molecule has 0 amide bonds. The Morgan fingerprint density at radius 3 is 2.57 bits per heavy atom. The van der Waals surface area contributed by atoms with Gasteiger partial charge in [0.15, 0.2) is 0 Å². The van der Waals surface area contributed by atoms with Crippen molar-refractivity contribution in [3.05, 3.63) is 42.0 Å². The highest BCUT2D eigenvalue weighted by molar-refractivity contribution is 5.87. The summed E-state index contributed by atoms with van der Waals surface area (Å²) in [7, 11) is 0. The third kappa shape index (κ3) is 4.19. The maximum absolute atomic E-state index is 9.14. The molecule has 114 valence electrons. The summed E-state index contributed by atoms with van der Waals surface area (Å²) < 4.78 is 5.93. The Bertz CT molecular complexity index is 580. The van der Waals surface area contributed by atoms with Crippen LogP contribution in [-0.2, 0) is 6.54 Å². The van der Waals surface area contributed by atoms with Crippen molar-refractivity contribution in [3.8, 4) is 5.75 Å². The van der Waals surface area contributed by atoms with E-state index in [9.17, 15) is 0 Å². The second-order valence-electron chi connectivity index (χ2n) is 5.90. The van der Waals surface area contributed by atoms with E-state index in [2.05, 4.69) is 49.5 Å². The highest BCUT2D eigenvalue weighted by Gasteiger charge is 2.10. The Kier molecular flexibility index (Phi) is 5.59. The molecule has 2 N–H and O–H groups in total. The molecule has 0 aliphatic heterocycles. The largest absolute Gasteiger partial charge is 0.493 e. The van der Waals surface area contributed by atoms with E-state index in [1.54, 1.807) is 0 Å². The van der Waals surface area contributed by atoms with Crippen molar-refractivity contribution in [2.75, 3.05) is 13.2 Å². The van der Waals surface area contributed by atoms with Gasteiger partial charge in [0.1, 0.15) is 5.75 Å². The minimum atomic E-state index is 0.141. The number of benzene rings is 2. The third-order valence-electron chi connectivity index (χ3n) is 3.52. The summed E-state index contributed by atoms with van der Waals surface area (Å²) in [6, 6.07) is 12.9. The molecule has 0 fully saturated rings. The Balaban J connectivity index is 2.31. The average Bonchev–Trinajstić information content (AvgIpc) is 2.50. The monoisotopic (exact) mass is 287 g/mol. The first-order valence-corrected chi connectivity index (χ1v) is 7.59. The van der Waals surface area contributed by atoms with Gasteiger partial charge in [0.2, 0.25) is 0 Å². The molecular formula is C18H25NO2. The quantitative estimate of drug-likeness (QED) is 0.820. The fourth-order valence-corrected chi connectivity index (χ4v) is 2.22. The van der Waals surface area contributed by atoms with Gasteiger partial charge >= 0.3 is 0 Å². The molecule has 0 bridgehead atoms. The highest BCUT2D eigenvalue weighted by Crippen LogP contribution is 2.28. The second-order valence-corrected chi connectivity index (χ2v) is 5.90. The molecule has 1 unspecified atom stereocenters. The molecule has 0 heterocycles. The molecule has 0 radical (unpaired) electrons. The average molecular weight is 287 g/mol. The number of nitrogens with one attached hydrogen (secondary N) is 1. The van der Waals surface area contributed by atoms with E-state index in [0.717, 1.165) is 12.3 Å². The summed E-state index contributed by atoms with van der Waals surface area (Å²) in [5.74, 6) is 1.05. The third-order valence-corrected chi connectivity index (χ3v) is 3.52. The van der Waals surface area contributed by atoms with Gasteiger partial charge in [0.05, 0.1) is 6.61 Å². The van der Waals surface area contributed by atoms with Crippen LogP contribution in [0.25, 0.3) is 10.8 Å². The Morgan fingerprint density at radius 2 is 1.86 bits per heavy atom. The van der Waals surface area contributed by atoms with Crippen LogP contribution in [0.5, 0.6) is 5.75 Å². The van der Waals surface area contributed by atoms with Crippen molar-refractivity contribution in [3.63, 3.8) is 0 Å². The Labute approximate surface area is 126 Å². The van der Waals surface area contributed by atoms with Crippen molar-refractivity contribution < 1.29 is 9.84 Å². The van der Waals surface area contributed by atoms with E-state index in [-0.39, 0.29) is 12.5 Å². The van der Waals surface area contributed by atoms with Gasteiger partial charge in [-0.1, -0.05) is 51.1 Å². The van der Waals surface area contributed by atoms with Gasteiger partial charge in [-0.25, -0.2) is 0 Å². The first-order chi connectivity index (χ1) is 10.1. The maximum atomic E-state index is 9.14. The number of ether oxygens (including phenoxy) is 1. The molecule has 2 rings (SSSR count). The molecule has 0 aliphatic carbocycles. The van der Waals surface area contributed by atoms with E-state index in [1.165, 1.54) is 16.3 Å². The van der Waals surface area contributed by atoms with Crippen LogP contribution in [0.2, 0.25) is 0 Å². The van der Waals surface area contributed by atoms with Crippen LogP contribution in [0.3, 0.4) is 0 Å². The number of aliphatic hydroxyl groups excluding tert-OH is 1. The van der Waals surface area contributed by atoms with Gasteiger partial charge in [0, 0.05) is 30.7 Å². The zero-order valence-electron chi connectivity index (χ0n) is 13.1. The van der Waals surface area contributed by atoms with E-state index < -0.39 is 0 Å². The molecule has 2 aromatic carbocycles. The Hall–Kier alpha value is -1.58. The van der Waals surface area contributed by atoms with E-state index in [0.29, 0.717) is 12.6 Å². The number of rotatable bonds is 7. The minimum absolute atomic E-state index is 0.141. The van der Waals surface area contributed by atoms with Crippen molar-refractivity contribution in [2.24, 2.45) is 5.92 Å². The van der Waals surface area contributed by atoms with E-state index >= 15 is 0 Å². The topological polar surface area (TPSA) is 41.5 Å². The summed E-state index contributed by atoms with van der Waals surface area (Å²) in [4.78, 5) is 0. The fourth-order valence-electron chi connectivity index (χ4n) is 2.22. The number of fused-ring (bicyclic) bond motifs is 1. The minimum Gasteiger partial charge on any atom is -0.493 e. The Morgan fingerprint density at radius 1 is 1.10 bits per heavy atom. The van der Waals surface area contributed by atoms with Gasteiger partial charge in [0.25, 0.3) is 0 Å². The van der Waals surface area contributed by atoms with Crippen LogP contribution < -0.4 is 10.1 Å². The first-order valence-electron chi connectivity index (χ1n) is 7.59. The molecule has 0 aliphatic rings. The summed E-state index contributed by atoms with van der Waals surface area (Å²) in [5.41, 5.74) is 1.19.